The van der Waals surface area contributed by atoms with Crippen LogP contribution in [0.5, 0.6) is 0 Å². The number of aromatic nitrogens is 1. The van der Waals surface area contributed by atoms with Crippen LogP contribution >= 0.6 is 0 Å². The Hall–Kier alpha value is -1.79. The number of benzene rings is 1. The highest BCUT2D eigenvalue weighted by Gasteiger charge is 2.30. The van der Waals surface area contributed by atoms with Crippen molar-refractivity contribution in [3.05, 3.63) is 35.5 Å². The summed E-state index contributed by atoms with van der Waals surface area (Å²) >= 11 is 0. The van der Waals surface area contributed by atoms with Gasteiger partial charge in [-0.25, -0.2) is 13.8 Å². The number of aryl methyl sites for hydroxylation is 1. The third kappa shape index (κ3) is 2.74. The number of ether oxygens (including phenoxy) is 1. The topological polar surface area (TPSA) is 28.6 Å². The smallest absolute Gasteiger partial charge is 0.185 e. The number of rotatable bonds is 2. The van der Waals surface area contributed by atoms with Crippen LogP contribution in [0.15, 0.2) is 18.2 Å². The van der Waals surface area contributed by atoms with Gasteiger partial charge in [0.2, 0.25) is 0 Å². The van der Waals surface area contributed by atoms with Gasteiger partial charge >= 0.3 is 0 Å². The number of nitrogens with zero attached hydrogens (tertiary/aromatic N) is 3. The Morgan fingerprint density at radius 3 is 2.75 bits per heavy atom. The first kappa shape index (κ1) is 15.7. The first-order chi connectivity index (χ1) is 11.6. The third-order valence-electron chi connectivity index (χ3n) is 5.04. The Kier molecular flexibility index (Phi) is 4.10. The molecule has 2 aliphatic heterocycles. The van der Waals surface area contributed by atoms with Crippen LogP contribution in [0.4, 0.5) is 14.5 Å². The Morgan fingerprint density at radius 2 is 1.96 bits per heavy atom. The van der Waals surface area contributed by atoms with Crippen molar-refractivity contribution in [1.82, 2.24) is 9.88 Å². The number of hydrogen-bond donors (Lipinski definition) is 0. The molecule has 2 fully saturated rings. The molecule has 6 heteroatoms. The van der Waals surface area contributed by atoms with Crippen molar-refractivity contribution in [3.8, 4) is 0 Å². The molecule has 2 aromatic rings. The summed E-state index contributed by atoms with van der Waals surface area (Å²) in [7, 11) is 0. The van der Waals surface area contributed by atoms with E-state index in [1.165, 1.54) is 6.07 Å². The van der Waals surface area contributed by atoms with Gasteiger partial charge < -0.3 is 9.64 Å². The lowest BCUT2D eigenvalue weighted by atomic mass is 10.1. The number of halogens is 2. The molecular formula is C18H21F2N3O. The molecular weight excluding hydrogens is 312 g/mol. The van der Waals surface area contributed by atoms with Gasteiger partial charge in [-0.1, -0.05) is 0 Å². The monoisotopic (exact) mass is 333 g/mol. The van der Waals surface area contributed by atoms with Crippen molar-refractivity contribution < 1.29 is 13.5 Å². The number of hydrogen-bond acceptors (Lipinski definition) is 4. The van der Waals surface area contributed by atoms with Crippen molar-refractivity contribution in [1.29, 1.82) is 0 Å². The van der Waals surface area contributed by atoms with Crippen LogP contribution in [0, 0.1) is 18.6 Å². The minimum Gasteiger partial charge on any atom is -0.379 e. The molecule has 0 saturated carbocycles. The fourth-order valence-electron chi connectivity index (χ4n) is 3.80. The van der Waals surface area contributed by atoms with Crippen LogP contribution in [0.25, 0.3) is 10.9 Å². The Bertz CT molecular complexity index is 762. The molecule has 0 unspecified atom stereocenters. The van der Waals surface area contributed by atoms with E-state index in [1.54, 1.807) is 6.07 Å². The summed E-state index contributed by atoms with van der Waals surface area (Å²) in [5.41, 5.74) is 1.78. The molecule has 0 bridgehead atoms. The third-order valence-corrected chi connectivity index (χ3v) is 5.04. The van der Waals surface area contributed by atoms with Crippen molar-refractivity contribution in [2.75, 3.05) is 44.3 Å². The lowest BCUT2D eigenvalue weighted by Crippen LogP contribution is -2.44. The molecule has 128 valence electrons. The van der Waals surface area contributed by atoms with Crippen molar-refractivity contribution >= 4 is 16.6 Å². The predicted octanol–water partition coefficient (Wildman–Crippen LogP) is 2.73. The van der Waals surface area contributed by atoms with E-state index in [-0.39, 0.29) is 5.52 Å². The SMILES string of the molecule is Cc1cc(N2CC[C@H](N3CCOCC3)C2)c2ccc(F)c(F)c2n1. The molecule has 2 aliphatic rings. The lowest BCUT2D eigenvalue weighted by molar-refractivity contribution is 0.0209. The number of morpholine rings is 1. The summed E-state index contributed by atoms with van der Waals surface area (Å²) in [6.07, 6.45) is 1.08. The van der Waals surface area contributed by atoms with Crippen LogP contribution in [0.3, 0.4) is 0 Å². The van der Waals surface area contributed by atoms with Gasteiger partial charge in [-0.3, -0.25) is 4.90 Å². The summed E-state index contributed by atoms with van der Waals surface area (Å²) in [6.45, 7) is 7.15. The van der Waals surface area contributed by atoms with Gasteiger partial charge in [-0.15, -0.1) is 0 Å². The fourth-order valence-corrected chi connectivity index (χ4v) is 3.80. The van der Waals surface area contributed by atoms with E-state index in [9.17, 15) is 8.78 Å². The van der Waals surface area contributed by atoms with Crippen LogP contribution < -0.4 is 4.90 Å². The standard InChI is InChI=1S/C18H21F2N3O/c1-12-10-16(14-2-3-15(19)17(20)18(14)21-12)23-5-4-13(11-23)22-6-8-24-9-7-22/h2-3,10,13H,4-9,11H2,1H3/t13-/m0/s1. The maximum absolute atomic E-state index is 14.1. The first-order valence-corrected chi connectivity index (χ1v) is 8.45. The van der Waals surface area contributed by atoms with E-state index in [1.807, 2.05) is 13.0 Å². The highest BCUT2D eigenvalue weighted by Crippen LogP contribution is 2.32. The largest absolute Gasteiger partial charge is 0.379 e. The molecule has 24 heavy (non-hydrogen) atoms. The van der Waals surface area contributed by atoms with Crippen LogP contribution in [0.1, 0.15) is 12.1 Å². The van der Waals surface area contributed by atoms with E-state index in [2.05, 4.69) is 14.8 Å². The summed E-state index contributed by atoms with van der Waals surface area (Å²) in [4.78, 5) is 8.95. The van der Waals surface area contributed by atoms with Gasteiger partial charge in [0.15, 0.2) is 11.6 Å². The van der Waals surface area contributed by atoms with Gasteiger partial charge in [-0.05, 0) is 31.5 Å². The van der Waals surface area contributed by atoms with Crippen LogP contribution in [0.2, 0.25) is 0 Å². The second-order valence-electron chi connectivity index (χ2n) is 6.58. The number of fused-ring (bicyclic) bond motifs is 1. The maximum Gasteiger partial charge on any atom is 0.185 e. The summed E-state index contributed by atoms with van der Waals surface area (Å²) < 4.78 is 33.1. The minimum absolute atomic E-state index is 0.125. The highest BCUT2D eigenvalue weighted by atomic mass is 19.2. The van der Waals surface area contributed by atoms with Gasteiger partial charge in [-0.2, -0.15) is 0 Å². The van der Waals surface area contributed by atoms with E-state index in [0.717, 1.165) is 51.5 Å². The highest BCUT2D eigenvalue weighted by molar-refractivity contribution is 5.92. The number of pyridine rings is 1. The van der Waals surface area contributed by atoms with E-state index in [4.69, 9.17) is 4.74 Å². The van der Waals surface area contributed by atoms with Gasteiger partial charge in [0.05, 0.1) is 13.2 Å². The molecule has 0 amide bonds. The summed E-state index contributed by atoms with van der Waals surface area (Å²) in [5.74, 6) is -1.71. The molecule has 0 spiro atoms. The van der Waals surface area contributed by atoms with Crippen molar-refractivity contribution in [2.45, 2.75) is 19.4 Å². The Labute approximate surface area is 140 Å². The van der Waals surface area contributed by atoms with Gasteiger partial charge in [0.25, 0.3) is 0 Å². The average Bonchev–Trinajstić information content (AvgIpc) is 3.09. The summed E-state index contributed by atoms with van der Waals surface area (Å²) in [5, 5.41) is 0.683. The second-order valence-corrected chi connectivity index (χ2v) is 6.58. The van der Waals surface area contributed by atoms with Crippen molar-refractivity contribution in [3.63, 3.8) is 0 Å². The zero-order valence-electron chi connectivity index (χ0n) is 13.8. The quantitative estimate of drug-likeness (QED) is 0.845. The molecule has 0 aliphatic carbocycles. The zero-order chi connectivity index (χ0) is 16.7. The van der Waals surface area contributed by atoms with E-state index >= 15 is 0 Å². The predicted molar refractivity (Wildman–Crippen MR) is 89.4 cm³/mol. The van der Waals surface area contributed by atoms with Crippen LogP contribution in [-0.4, -0.2) is 55.3 Å². The fraction of sp³-hybridized carbons (Fsp3) is 0.500. The molecule has 1 aromatic carbocycles. The molecule has 1 aromatic heterocycles. The molecule has 4 nitrogen and oxygen atoms in total. The maximum atomic E-state index is 14.1. The first-order valence-electron chi connectivity index (χ1n) is 8.45. The molecule has 3 heterocycles. The molecule has 0 N–H and O–H groups in total. The van der Waals surface area contributed by atoms with Crippen LogP contribution in [-0.2, 0) is 4.74 Å². The van der Waals surface area contributed by atoms with E-state index in [0.29, 0.717) is 17.1 Å². The Balaban J connectivity index is 1.66. The lowest BCUT2D eigenvalue weighted by Gasteiger charge is -2.32. The zero-order valence-corrected chi connectivity index (χ0v) is 13.8. The number of anilines is 1. The average molecular weight is 333 g/mol. The molecule has 4 rings (SSSR count). The molecule has 0 radical (unpaired) electrons. The van der Waals surface area contributed by atoms with Gasteiger partial charge in [0.1, 0.15) is 5.52 Å². The molecule has 2 saturated heterocycles. The second kappa shape index (κ2) is 6.26. The van der Waals surface area contributed by atoms with Gasteiger partial charge in [0, 0.05) is 49.0 Å². The van der Waals surface area contributed by atoms with E-state index < -0.39 is 11.6 Å². The van der Waals surface area contributed by atoms with Crippen molar-refractivity contribution in [2.24, 2.45) is 0 Å². The minimum atomic E-state index is -0.860. The Morgan fingerprint density at radius 1 is 1.17 bits per heavy atom. The normalized spacial score (nSPS) is 22.5. The summed E-state index contributed by atoms with van der Waals surface area (Å²) in [6, 6.07) is 5.29. The molecule has 1 atom stereocenters.